The van der Waals surface area contributed by atoms with Crippen LogP contribution in [0.1, 0.15) is 77.3 Å². The molecule has 0 aliphatic rings. The van der Waals surface area contributed by atoms with Gasteiger partial charge in [-0.05, 0) is 68.9 Å². The molecule has 0 bridgehead atoms. The summed E-state index contributed by atoms with van der Waals surface area (Å²) < 4.78 is 8.33. The van der Waals surface area contributed by atoms with Gasteiger partial charge in [0.15, 0.2) is 0 Å². The lowest BCUT2D eigenvalue weighted by molar-refractivity contribution is -0.136. The fourth-order valence-electron chi connectivity index (χ4n) is 4.33. The fourth-order valence-corrected chi connectivity index (χ4v) is 4.33. The Morgan fingerprint density at radius 1 is 1.03 bits per heavy atom. The summed E-state index contributed by atoms with van der Waals surface area (Å²) in [5, 5.41) is 0. The average molecular weight is 450 g/mol. The van der Waals surface area contributed by atoms with Crippen molar-refractivity contribution in [2.75, 3.05) is 0 Å². The van der Waals surface area contributed by atoms with Gasteiger partial charge in [0, 0.05) is 12.1 Å². The number of hydrogen-bond acceptors (Lipinski definition) is 3. The van der Waals surface area contributed by atoms with Crippen molar-refractivity contribution in [3.63, 3.8) is 0 Å². The highest BCUT2D eigenvalue weighted by Crippen LogP contribution is 2.28. The van der Waals surface area contributed by atoms with Gasteiger partial charge in [-0.1, -0.05) is 52.0 Å². The number of rotatable bonds is 10. The number of para-hydroxylation sites is 2. The minimum atomic E-state index is 0.126. The third-order valence-corrected chi connectivity index (χ3v) is 6.59. The van der Waals surface area contributed by atoms with Gasteiger partial charge < -0.3 is 14.2 Å². The minimum Gasteiger partial charge on any atom is -0.485 e. The van der Waals surface area contributed by atoms with Crippen LogP contribution >= 0.6 is 0 Å². The van der Waals surface area contributed by atoms with Crippen molar-refractivity contribution in [3.8, 4) is 5.75 Å². The summed E-state index contributed by atoms with van der Waals surface area (Å²) in [4.78, 5) is 20.4. The lowest BCUT2D eigenvalue weighted by atomic mass is 10.0. The molecule has 0 spiro atoms. The average Bonchev–Trinajstić information content (AvgIpc) is 3.14. The zero-order chi connectivity index (χ0) is 24.1. The molecule has 3 aromatic rings. The topological polar surface area (TPSA) is 47.4 Å². The number of fused-ring (bicyclic) bond motifs is 1. The summed E-state index contributed by atoms with van der Waals surface area (Å²) in [5.74, 6) is 2.15. The first-order chi connectivity index (χ1) is 15.8. The molecule has 0 N–H and O–H groups in total. The van der Waals surface area contributed by atoms with Crippen LogP contribution in [0.15, 0.2) is 42.5 Å². The molecule has 1 amide bonds. The number of benzene rings is 2. The molecule has 178 valence electrons. The largest absolute Gasteiger partial charge is 0.485 e. The highest BCUT2D eigenvalue weighted by molar-refractivity contribution is 5.81. The van der Waals surface area contributed by atoms with Crippen LogP contribution in [0.2, 0.25) is 0 Å². The Bertz CT molecular complexity index is 1080. The van der Waals surface area contributed by atoms with E-state index in [0.29, 0.717) is 12.5 Å². The number of carbonyl (C=O) groups excluding carboxylic acids is 1. The molecule has 5 nitrogen and oxygen atoms in total. The van der Waals surface area contributed by atoms with E-state index in [0.717, 1.165) is 41.0 Å². The van der Waals surface area contributed by atoms with Crippen LogP contribution in [0.4, 0.5) is 0 Å². The van der Waals surface area contributed by atoms with Crippen LogP contribution in [0.3, 0.4) is 0 Å². The maximum absolute atomic E-state index is 13.5. The van der Waals surface area contributed by atoms with Gasteiger partial charge in [-0.15, -0.1) is 0 Å². The van der Waals surface area contributed by atoms with Gasteiger partial charge in [0.25, 0.3) is 0 Å². The molecule has 3 rings (SSSR count). The second kappa shape index (κ2) is 10.9. The smallest absolute Gasteiger partial charge is 0.243 e. The molecule has 1 heterocycles. The quantitative estimate of drug-likeness (QED) is 0.356. The van der Waals surface area contributed by atoms with Crippen molar-refractivity contribution in [3.05, 3.63) is 59.4 Å². The van der Waals surface area contributed by atoms with E-state index in [9.17, 15) is 4.79 Å². The highest BCUT2D eigenvalue weighted by atomic mass is 16.5. The van der Waals surface area contributed by atoms with Crippen LogP contribution < -0.4 is 4.74 Å². The van der Waals surface area contributed by atoms with Crippen molar-refractivity contribution in [1.29, 1.82) is 0 Å². The number of amides is 1. The summed E-state index contributed by atoms with van der Waals surface area (Å²) in [5.41, 5.74) is 4.19. The molecule has 2 atom stereocenters. The molecule has 33 heavy (non-hydrogen) atoms. The maximum atomic E-state index is 13.5. The third kappa shape index (κ3) is 5.58. The lowest BCUT2D eigenvalue weighted by Crippen LogP contribution is -2.45. The molecule has 0 radical (unpaired) electrons. The van der Waals surface area contributed by atoms with E-state index in [4.69, 9.17) is 9.72 Å². The molecule has 0 aliphatic carbocycles. The molecule has 0 fully saturated rings. The molecule has 2 unspecified atom stereocenters. The van der Waals surface area contributed by atoms with Crippen molar-refractivity contribution in [1.82, 2.24) is 14.5 Å². The summed E-state index contributed by atoms with van der Waals surface area (Å²) in [6, 6.07) is 14.7. The molecular weight excluding hydrogens is 410 g/mol. The van der Waals surface area contributed by atoms with Gasteiger partial charge in [-0.3, -0.25) is 4.79 Å². The predicted octanol–water partition coefficient (Wildman–Crippen LogP) is 6.47. The van der Waals surface area contributed by atoms with Crippen LogP contribution in [0, 0.1) is 6.92 Å². The first-order valence-corrected chi connectivity index (χ1v) is 12.2. The van der Waals surface area contributed by atoms with Gasteiger partial charge >= 0.3 is 0 Å². The van der Waals surface area contributed by atoms with Crippen molar-refractivity contribution >= 4 is 16.9 Å². The van der Waals surface area contributed by atoms with E-state index >= 15 is 0 Å². The second-order valence-electron chi connectivity index (χ2n) is 9.40. The van der Waals surface area contributed by atoms with Gasteiger partial charge in [-0.2, -0.15) is 0 Å². The number of imidazole rings is 1. The Labute approximate surface area is 198 Å². The summed E-state index contributed by atoms with van der Waals surface area (Å²) in [6.07, 6.45) is 1.87. The maximum Gasteiger partial charge on any atom is 0.243 e. The zero-order valence-electron chi connectivity index (χ0n) is 21.3. The van der Waals surface area contributed by atoms with Crippen LogP contribution in [-0.4, -0.2) is 32.4 Å². The number of ether oxygens (including phenoxy) is 1. The Hall–Kier alpha value is -2.82. The SMILES string of the molecule is CCC(C)N(C(=O)Cn1c(COc2cc(C)ccc2C(C)C)nc2ccccc21)C(C)CC. The monoisotopic (exact) mass is 449 g/mol. The first kappa shape index (κ1) is 24.8. The third-order valence-electron chi connectivity index (χ3n) is 6.59. The van der Waals surface area contributed by atoms with Crippen LogP contribution in [0.5, 0.6) is 5.75 Å². The Morgan fingerprint density at radius 2 is 1.70 bits per heavy atom. The molecule has 0 aliphatic heterocycles. The molecule has 0 saturated heterocycles. The molecule has 5 heteroatoms. The zero-order valence-corrected chi connectivity index (χ0v) is 21.3. The van der Waals surface area contributed by atoms with Crippen LogP contribution in [0.25, 0.3) is 11.0 Å². The van der Waals surface area contributed by atoms with E-state index in [1.54, 1.807) is 0 Å². The first-order valence-electron chi connectivity index (χ1n) is 12.2. The number of carbonyl (C=O) groups is 1. The number of aryl methyl sites for hydroxylation is 1. The Balaban J connectivity index is 1.93. The van der Waals surface area contributed by atoms with E-state index in [1.807, 2.05) is 33.7 Å². The normalized spacial score (nSPS) is 13.3. The standard InChI is InChI=1S/C28H39N3O2/c1-8-21(6)31(22(7)9-2)28(32)17-30-25-13-11-10-12-24(25)29-27(30)18-33-26-16-20(5)14-15-23(26)19(3)4/h10-16,19,21-22H,8-9,17-18H2,1-7H3. The highest BCUT2D eigenvalue weighted by Gasteiger charge is 2.25. The number of aromatic nitrogens is 2. The molecule has 2 aromatic carbocycles. The van der Waals surface area contributed by atoms with Crippen molar-refractivity contribution < 1.29 is 9.53 Å². The molecule has 1 aromatic heterocycles. The summed E-state index contributed by atoms with van der Waals surface area (Å²) >= 11 is 0. The van der Waals surface area contributed by atoms with E-state index < -0.39 is 0 Å². The summed E-state index contributed by atoms with van der Waals surface area (Å²) in [7, 11) is 0. The molecule has 0 saturated carbocycles. The summed E-state index contributed by atoms with van der Waals surface area (Å²) in [6.45, 7) is 15.5. The van der Waals surface area contributed by atoms with Gasteiger partial charge in [0.1, 0.15) is 24.7 Å². The number of nitrogens with zero attached hydrogens (tertiary/aromatic N) is 3. The van der Waals surface area contributed by atoms with E-state index in [-0.39, 0.29) is 24.5 Å². The fraction of sp³-hybridized carbons (Fsp3) is 0.500. The second-order valence-corrected chi connectivity index (χ2v) is 9.40. The Kier molecular flexibility index (Phi) is 8.17. The van der Waals surface area contributed by atoms with E-state index in [1.165, 1.54) is 5.56 Å². The Morgan fingerprint density at radius 3 is 2.33 bits per heavy atom. The minimum absolute atomic E-state index is 0.126. The van der Waals surface area contributed by atoms with Gasteiger partial charge in [-0.25, -0.2) is 4.98 Å². The lowest BCUT2D eigenvalue weighted by Gasteiger charge is -2.34. The van der Waals surface area contributed by atoms with Gasteiger partial charge in [0.2, 0.25) is 5.91 Å². The van der Waals surface area contributed by atoms with Crippen LogP contribution in [-0.2, 0) is 17.9 Å². The molecular formula is C28H39N3O2. The van der Waals surface area contributed by atoms with E-state index in [2.05, 4.69) is 66.7 Å². The predicted molar refractivity (Wildman–Crippen MR) is 136 cm³/mol. The van der Waals surface area contributed by atoms with Crippen molar-refractivity contribution in [2.45, 2.75) is 92.5 Å². The number of hydrogen-bond donors (Lipinski definition) is 0. The van der Waals surface area contributed by atoms with Gasteiger partial charge in [0.05, 0.1) is 11.0 Å². The van der Waals surface area contributed by atoms with Crippen molar-refractivity contribution in [2.24, 2.45) is 0 Å².